The average Bonchev–Trinajstić information content (AvgIpc) is 2.77. The fraction of sp³-hybridized carbons (Fsp3) is 0.133. The molecule has 0 saturated carbocycles. The Morgan fingerprint density at radius 3 is 2.72 bits per heavy atom. The van der Waals surface area contributed by atoms with E-state index < -0.39 is 0 Å². The van der Waals surface area contributed by atoms with Gasteiger partial charge in [0.1, 0.15) is 11.7 Å². The van der Waals surface area contributed by atoms with Gasteiger partial charge in [-0.1, -0.05) is 30.3 Å². The van der Waals surface area contributed by atoms with Crippen LogP contribution >= 0.6 is 0 Å². The number of anilines is 1. The predicted molar refractivity (Wildman–Crippen MR) is 68.0 cm³/mol. The number of ketones is 1. The maximum absolute atomic E-state index is 12.5. The molecule has 3 nitrogen and oxygen atoms in total. The van der Waals surface area contributed by atoms with Crippen molar-refractivity contribution >= 4 is 11.5 Å². The van der Waals surface area contributed by atoms with E-state index in [-0.39, 0.29) is 17.9 Å². The Balaban J connectivity index is 1.88. The second-order valence-electron chi connectivity index (χ2n) is 4.61. The molecular formula is C15H11NO2. The molecule has 0 spiro atoms. The Morgan fingerprint density at radius 1 is 1.00 bits per heavy atom. The van der Waals surface area contributed by atoms with Crippen molar-refractivity contribution in [1.82, 2.24) is 0 Å². The Bertz CT molecular complexity index is 650. The number of ether oxygens (including phenoxy) is 1. The molecule has 1 N–H and O–H groups in total. The number of nitrogens with one attached hydrogen (secondary N) is 1. The van der Waals surface area contributed by atoms with Crippen LogP contribution in [0.4, 0.5) is 5.69 Å². The highest BCUT2D eigenvalue weighted by Gasteiger charge is 2.43. The summed E-state index contributed by atoms with van der Waals surface area (Å²) >= 11 is 0. The largest absolute Gasteiger partial charge is 0.469 e. The maximum atomic E-state index is 12.5. The third kappa shape index (κ3) is 1.16. The summed E-state index contributed by atoms with van der Waals surface area (Å²) in [6, 6.07) is 15.3. The van der Waals surface area contributed by atoms with Crippen molar-refractivity contribution < 1.29 is 9.53 Å². The third-order valence-electron chi connectivity index (χ3n) is 3.58. The molecule has 2 aliphatic heterocycles. The molecule has 2 aliphatic rings. The molecule has 18 heavy (non-hydrogen) atoms. The van der Waals surface area contributed by atoms with E-state index in [1.165, 1.54) is 0 Å². The van der Waals surface area contributed by atoms with E-state index in [1.54, 1.807) is 0 Å². The van der Waals surface area contributed by atoms with E-state index in [0.29, 0.717) is 0 Å². The Labute approximate surface area is 104 Å². The van der Waals surface area contributed by atoms with Gasteiger partial charge in [-0.25, -0.2) is 0 Å². The van der Waals surface area contributed by atoms with Crippen LogP contribution in [-0.2, 0) is 0 Å². The molecule has 2 aromatic rings. The molecule has 2 unspecified atom stereocenters. The summed E-state index contributed by atoms with van der Waals surface area (Å²) in [5.41, 5.74) is 2.59. The van der Waals surface area contributed by atoms with Crippen LogP contribution in [0.25, 0.3) is 0 Å². The molecule has 0 aromatic heterocycles. The van der Waals surface area contributed by atoms with E-state index >= 15 is 0 Å². The number of carbonyl (C=O) groups is 1. The number of para-hydroxylation sites is 2. The van der Waals surface area contributed by atoms with Gasteiger partial charge in [0.15, 0.2) is 12.0 Å². The Kier molecular flexibility index (Phi) is 1.81. The zero-order valence-corrected chi connectivity index (χ0v) is 9.59. The van der Waals surface area contributed by atoms with Gasteiger partial charge >= 0.3 is 0 Å². The van der Waals surface area contributed by atoms with Crippen LogP contribution in [0, 0.1) is 0 Å². The minimum absolute atomic E-state index is 0.138. The monoisotopic (exact) mass is 237 g/mol. The lowest BCUT2D eigenvalue weighted by molar-refractivity contribution is 0.0903. The maximum Gasteiger partial charge on any atom is 0.184 e. The summed E-state index contributed by atoms with van der Waals surface area (Å²) in [5, 5.41) is 3.29. The normalized spacial score (nSPS) is 23.4. The molecular weight excluding hydrogens is 226 g/mol. The van der Waals surface area contributed by atoms with Crippen LogP contribution < -0.4 is 10.1 Å². The SMILES string of the molecule is O=C1c2ccccc2NC2Oc3ccccc3C12. The first kappa shape index (κ1) is 9.71. The first-order valence-electron chi connectivity index (χ1n) is 6.00. The van der Waals surface area contributed by atoms with Gasteiger partial charge in [-0.05, 0) is 18.2 Å². The van der Waals surface area contributed by atoms with Gasteiger partial charge in [-0.15, -0.1) is 0 Å². The summed E-state index contributed by atoms with van der Waals surface area (Å²) in [6.07, 6.45) is -0.273. The van der Waals surface area contributed by atoms with Crippen LogP contribution in [0.2, 0.25) is 0 Å². The van der Waals surface area contributed by atoms with E-state index in [0.717, 1.165) is 22.6 Å². The highest BCUT2D eigenvalue weighted by Crippen LogP contribution is 2.43. The number of hydrogen-bond donors (Lipinski definition) is 1. The van der Waals surface area contributed by atoms with Crippen molar-refractivity contribution in [2.75, 3.05) is 5.32 Å². The molecule has 0 bridgehead atoms. The predicted octanol–water partition coefficient (Wildman–Crippen LogP) is 2.80. The first-order chi connectivity index (χ1) is 8.84. The lowest BCUT2D eigenvalue weighted by Crippen LogP contribution is -2.37. The highest BCUT2D eigenvalue weighted by molar-refractivity contribution is 6.08. The molecule has 0 saturated heterocycles. The summed E-state index contributed by atoms with van der Waals surface area (Å²) in [4.78, 5) is 12.5. The molecule has 2 atom stereocenters. The van der Waals surface area contributed by atoms with Gasteiger partial charge in [0.25, 0.3) is 0 Å². The second kappa shape index (κ2) is 3.35. The van der Waals surface area contributed by atoms with Gasteiger partial charge < -0.3 is 10.1 Å². The van der Waals surface area contributed by atoms with Crippen molar-refractivity contribution in [3.63, 3.8) is 0 Å². The average molecular weight is 237 g/mol. The molecule has 2 heterocycles. The number of Topliss-reactive ketones (excluding diaryl/α,β-unsaturated/α-hetero) is 1. The van der Waals surface area contributed by atoms with Crippen LogP contribution in [-0.4, -0.2) is 12.0 Å². The Hall–Kier alpha value is -2.29. The minimum atomic E-state index is -0.273. The molecule has 0 fully saturated rings. The van der Waals surface area contributed by atoms with Crippen LogP contribution in [0.15, 0.2) is 48.5 Å². The number of benzene rings is 2. The Morgan fingerprint density at radius 2 is 1.78 bits per heavy atom. The van der Waals surface area contributed by atoms with Crippen molar-refractivity contribution in [2.45, 2.75) is 12.1 Å². The second-order valence-corrected chi connectivity index (χ2v) is 4.61. The van der Waals surface area contributed by atoms with Gasteiger partial charge in [0.05, 0.1) is 0 Å². The molecule has 88 valence electrons. The summed E-state index contributed by atoms with van der Waals surface area (Å²) in [6.45, 7) is 0. The summed E-state index contributed by atoms with van der Waals surface area (Å²) in [5.74, 6) is 0.719. The number of hydrogen-bond acceptors (Lipinski definition) is 3. The number of carbonyl (C=O) groups excluding carboxylic acids is 1. The van der Waals surface area contributed by atoms with E-state index in [4.69, 9.17) is 4.74 Å². The molecule has 0 radical (unpaired) electrons. The zero-order chi connectivity index (χ0) is 12.1. The fourth-order valence-corrected chi connectivity index (χ4v) is 2.75. The smallest absolute Gasteiger partial charge is 0.184 e. The van der Waals surface area contributed by atoms with Gasteiger partial charge in [0.2, 0.25) is 0 Å². The quantitative estimate of drug-likeness (QED) is 0.765. The first-order valence-corrected chi connectivity index (χ1v) is 6.00. The third-order valence-corrected chi connectivity index (χ3v) is 3.58. The lowest BCUT2D eigenvalue weighted by Gasteiger charge is -2.27. The topological polar surface area (TPSA) is 38.3 Å². The molecule has 0 amide bonds. The molecule has 3 heteroatoms. The van der Waals surface area contributed by atoms with Crippen molar-refractivity contribution in [3.05, 3.63) is 59.7 Å². The fourth-order valence-electron chi connectivity index (χ4n) is 2.75. The highest BCUT2D eigenvalue weighted by atomic mass is 16.5. The molecule has 4 rings (SSSR count). The minimum Gasteiger partial charge on any atom is -0.469 e. The number of rotatable bonds is 0. The van der Waals surface area contributed by atoms with Crippen LogP contribution in [0.3, 0.4) is 0 Å². The standard InChI is InChI=1S/C15H11NO2/c17-14-9-5-1-3-7-11(9)16-15-13(14)10-6-2-4-8-12(10)18-15/h1-8,13,15-16H. The van der Waals surface area contributed by atoms with Gasteiger partial charge in [0, 0.05) is 16.8 Å². The summed E-state index contributed by atoms with van der Waals surface area (Å²) in [7, 11) is 0. The van der Waals surface area contributed by atoms with E-state index in [1.807, 2.05) is 48.5 Å². The van der Waals surface area contributed by atoms with Crippen molar-refractivity contribution in [1.29, 1.82) is 0 Å². The number of fused-ring (bicyclic) bond motifs is 4. The van der Waals surface area contributed by atoms with Crippen LogP contribution in [0.1, 0.15) is 21.8 Å². The van der Waals surface area contributed by atoms with E-state index in [9.17, 15) is 4.79 Å². The van der Waals surface area contributed by atoms with Crippen molar-refractivity contribution in [2.24, 2.45) is 0 Å². The van der Waals surface area contributed by atoms with E-state index in [2.05, 4.69) is 5.32 Å². The zero-order valence-electron chi connectivity index (χ0n) is 9.59. The van der Waals surface area contributed by atoms with Crippen molar-refractivity contribution in [3.8, 4) is 5.75 Å². The molecule has 2 aromatic carbocycles. The molecule has 0 aliphatic carbocycles. The lowest BCUT2D eigenvalue weighted by atomic mass is 9.87. The van der Waals surface area contributed by atoms with Gasteiger partial charge in [-0.2, -0.15) is 0 Å². The van der Waals surface area contributed by atoms with Gasteiger partial charge in [-0.3, -0.25) is 4.79 Å². The summed E-state index contributed by atoms with van der Waals surface area (Å²) < 4.78 is 5.81. The van der Waals surface area contributed by atoms with Crippen LogP contribution in [0.5, 0.6) is 5.75 Å².